The molecule has 1 aliphatic rings. The molecule has 0 atom stereocenters. The fourth-order valence-electron chi connectivity index (χ4n) is 1.72. The summed E-state index contributed by atoms with van der Waals surface area (Å²) >= 11 is 0. The first-order chi connectivity index (χ1) is 7.16. The highest BCUT2D eigenvalue weighted by molar-refractivity contribution is 5.24. The third-order valence-corrected chi connectivity index (χ3v) is 2.86. The van der Waals surface area contributed by atoms with E-state index in [1.54, 1.807) is 0 Å². The lowest BCUT2D eigenvalue weighted by atomic mass is 9.85. The topological polar surface area (TPSA) is 65.1 Å². The zero-order chi connectivity index (χ0) is 10.8. The monoisotopic (exact) mass is 208 g/mol. The van der Waals surface area contributed by atoms with Crippen molar-refractivity contribution < 1.29 is 4.92 Å². The lowest BCUT2D eigenvalue weighted by molar-refractivity contribution is -0.385. The van der Waals surface area contributed by atoms with Gasteiger partial charge >= 0.3 is 0 Å². The van der Waals surface area contributed by atoms with E-state index in [0.29, 0.717) is 12.5 Å². The second kappa shape index (κ2) is 3.84. The van der Waals surface area contributed by atoms with Crippen LogP contribution in [0.25, 0.3) is 0 Å². The van der Waals surface area contributed by atoms with E-state index in [2.05, 4.69) is 0 Å². The highest BCUT2D eigenvalue weighted by Crippen LogP contribution is 2.27. The summed E-state index contributed by atoms with van der Waals surface area (Å²) in [5.41, 5.74) is -0.179. The van der Waals surface area contributed by atoms with E-state index in [9.17, 15) is 14.9 Å². The molecule has 0 N–H and O–H groups in total. The van der Waals surface area contributed by atoms with E-state index >= 15 is 0 Å². The Labute approximate surface area is 86.5 Å². The summed E-state index contributed by atoms with van der Waals surface area (Å²) in [6, 6.07) is 2.51. The fraction of sp³-hybridized carbons (Fsp3) is 0.500. The molecular weight excluding hydrogens is 196 g/mol. The molecule has 1 heterocycles. The first-order valence-electron chi connectivity index (χ1n) is 5.02. The molecule has 0 amide bonds. The van der Waals surface area contributed by atoms with Crippen LogP contribution in [0.5, 0.6) is 0 Å². The quantitative estimate of drug-likeness (QED) is 0.559. The lowest BCUT2D eigenvalue weighted by Crippen LogP contribution is -2.26. The molecule has 0 bridgehead atoms. The SMILES string of the molecule is O=c1ccc([N+](=O)[O-])cn1CC1CCC1. The van der Waals surface area contributed by atoms with Gasteiger partial charge in [0.15, 0.2) is 0 Å². The van der Waals surface area contributed by atoms with Gasteiger partial charge in [0.25, 0.3) is 11.2 Å². The standard InChI is InChI=1S/C10H12N2O3/c13-10-5-4-9(12(14)15)7-11(10)6-8-2-1-3-8/h4-5,7-8H,1-3,6H2. The minimum Gasteiger partial charge on any atom is -0.309 e. The van der Waals surface area contributed by atoms with Gasteiger partial charge in [0.05, 0.1) is 11.1 Å². The molecule has 5 heteroatoms. The molecule has 2 rings (SSSR count). The maximum absolute atomic E-state index is 11.4. The molecule has 0 unspecified atom stereocenters. The molecule has 1 saturated carbocycles. The maximum Gasteiger partial charge on any atom is 0.285 e. The second-order valence-corrected chi connectivity index (χ2v) is 3.93. The van der Waals surface area contributed by atoms with Crippen LogP contribution in [0.1, 0.15) is 19.3 Å². The number of nitro groups is 1. The van der Waals surface area contributed by atoms with Gasteiger partial charge in [0.2, 0.25) is 0 Å². The van der Waals surface area contributed by atoms with Gasteiger partial charge in [-0.3, -0.25) is 14.9 Å². The minimum absolute atomic E-state index is 0.0195. The molecule has 1 aliphatic carbocycles. The average Bonchev–Trinajstić information content (AvgIpc) is 2.13. The summed E-state index contributed by atoms with van der Waals surface area (Å²) in [5.74, 6) is 0.518. The highest BCUT2D eigenvalue weighted by Gasteiger charge is 2.19. The minimum atomic E-state index is -0.475. The van der Waals surface area contributed by atoms with Gasteiger partial charge in [0.1, 0.15) is 0 Å². The van der Waals surface area contributed by atoms with Gasteiger partial charge < -0.3 is 4.57 Å². The maximum atomic E-state index is 11.4. The van der Waals surface area contributed by atoms with Crippen LogP contribution in [0.3, 0.4) is 0 Å². The first kappa shape index (κ1) is 9.89. The summed E-state index contributed by atoms with van der Waals surface area (Å²) < 4.78 is 1.45. The molecule has 80 valence electrons. The van der Waals surface area contributed by atoms with Crippen LogP contribution >= 0.6 is 0 Å². The van der Waals surface area contributed by atoms with E-state index in [4.69, 9.17) is 0 Å². The highest BCUT2D eigenvalue weighted by atomic mass is 16.6. The zero-order valence-electron chi connectivity index (χ0n) is 8.26. The molecule has 0 saturated heterocycles. The molecular formula is C10H12N2O3. The predicted molar refractivity (Wildman–Crippen MR) is 54.7 cm³/mol. The Hall–Kier alpha value is -1.65. The Kier molecular flexibility index (Phi) is 2.53. The molecule has 0 aliphatic heterocycles. The van der Waals surface area contributed by atoms with Gasteiger partial charge in [0, 0.05) is 18.7 Å². The largest absolute Gasteiger partial charge is 0.309 e. The number of rotatable bonds is 3. The molecule has 5 nitrogen and oxygen atoms in total. The third kappa shape index (κ3) is 2.06. The Bertz CT molecular complexity index is 435. The molecule has 1 fully saturated rings. The van der Waals surface area contributed by atoms with Crippen LogP contribution < -0.4 is 5.56 Å². The van der Waals surface area contributed by atoms with Crippen molar-refractivity contribution in [2.24, 2.45) is 5.92 Å². The van der Waals surface area contributed by atoms with Crippen LogP contribution in [0.15, 0.2) is 23.1 Å². The van der Waals surface area contributed by atoms with Gasteiger partial charge in [-0.05, 0) is 18.8 Å². The van der Waals surface area contributed by atoms with Crippen molar-refractivity contribution in [3.8, 4) is 0 Å². The van der Waals surface area contributed by atoms with E-state index in [-0.39, 0.29) is 11.2 Å². The van der Waals surface area contributed by atoms with Crippen LogP contribution in [0.4, 0.5) is 5.69 Å². The number of nitrogens with zero attached hydrogens (tertiary/aromatic N) is 2. The fourth-order valence-corrected chi connectivity index (χ4v) is 1.72. The van der Waals surface area contributed by atoms with Crippen LogP contribution in [0.2, 0.25) is 0 Å². The summed E-state index contributed by atoms with van der Waals surface area (Å²) in [6.07, 6.45) is 4.78. The van der Waals surface area contributed by atoms with Gasteiger partial charge in [-0.2, -0.15) is 0 Å². The summed E-state index contributed by atoms with van der Waals surface area (Å²) in [5, 5.41) is 10.5. The zero-order valence-corrected chi connectivity index (χ0v) is 8.26. The van der Waals surface area contributed by atoms with Crippen molar-refractivity contribution in [3.63, 3.8) is 0 Å². The van der Waals surface area contributed by atoms with E-state index in [1.807, 2.05) is 0 Å². The van der Waals surface area contributed by atoms with E-state index < -0.39 is 4.92 Å². The van der Waals surface area contributed by atoms with Crippen LogP contribution in [-0.4, -0.2) is 9.49 Å². The summed E-state index contributed by atoms with van der Waals surface area (Å²) in [4.78, 5) is 21.5. The average molecular weight is 208 g/mol. The molecule has 1 aromatic rings. The molecule has 0 aromatic carbocycles. The summed E-state index contributed by atoms with van der Waals surface area (Å²) in [6.45, 7) is 0.612. The van der Waals surface area contributed by atoms with E-state index in [0.717, 1.165) is 12.8 Å². The Balaban J connectivity index is 2.23. The number of pyridine rings is 1. The molecule has 0 radical (unpaired) electrons. The van der Waals surface area contributed by atoms with Crippen molar-refractivity contribution in [2.75, 3.05) is 0 Å². The normalized spacial score (nSPS) is 16.0. The predicted octanol–water partition coefficient (Wildman–Crippen LogP) is 1.56. The molecule has 15 heavy (non-hydrogen) atoms. The second-order valence-electron chi connectivity index (χ2n) is 3.93. The molecule has 1 aromatic heterocycles. The van der Waals surface area contributed by atoms with Gasteiger partial charge in [-0.15, -0.1) is 0 Å². The van der Waals surface area contributed by atoms with Gasteiger partial charge in [-0.25, -0.2) is 0 Å². The molecule has 0 spiro atoms. The Morgan fingerprint density at radius 1 is 1.47 bits per heavy atom. The smallest absolute Gasteiger partial charge is 0.285 e. The van der Waals surface area contributed by atoms with Gasteiger partial charge in [-0.1, -0.05) is 6.42 Å². The number of aromatic nitrogens is 1. The van der Waals surface area contributed by atoms with Crippen LogP contribution in [0, 0.1) is 16.0 Å². The van der Waals surface area contributed by atoms with Crippen molar-refractivity contribution in [2.45, 2.75) is 25.8 Å². The van der Waals surface area contributed by atoms with Crippen molar-refractivity contribution in [3.05, 3.63) is 38.8 Å². The third-order valence-electron chi connectivity index (χ3n) is 2.86. The Morgan fingerprint density at radius 2 is 2.20 bits per heavy atom. The summed E-state index contributed by atoms with van der Waals surface area (Å²) in [7, 11) is 0. The number of hydrogen-bond donors (Lipinski definition) is 0. The van der Waals surface area contributed by atoms with Crippen molar-refractivity contribution >= 4 is 5.69 Å². The van der Waals surface area contributed by atoms with Crippen molar-refractivity contribution in [1.82, 2.24) is 4.57 Å². The van der Waals surface area contributed by atoms with Crippen LogP contribution in [-0.2, 0) is 6.54 Å². The number of hydrogen-bond acceptors (Lipinski definition) is 3. The first-order valence-corrected chi connectivity index (χ1v) is 5.02. The van der Waals surface area contributed by atoms with Crippen molar-refractivity contribution in [1.29, 1.82) is 0 Å². The van der Waals surface area contributed by atoms with E-state index in [1.165, 1.54) is 29.3 Å². The Morgan fingerprint density at radius 3 is 2.73 bits per heavy atom. The lowest BCUT2D eigenvalue weighted by Gasteiger charge is -2.25.